The van der Waals surface area contributed by atoms with E-state index < -0.39 is 16.1 Å². The molecule has 0 aliphatic carbocycles. The van der Waals surface area contributed by atoms with Crippen LogP contribution in [0.3, 0.4) is 0 Å². The Bertz CT molecular complexity index is 1050. The SMILES string of the molecule is COCc1ccc(CNC(=O)[C@@H]2CCCN2C2=NS(=O)(=O)c3ccccc32)cc1. The number of methoxy groups -OCH3 is 1. The van der Waals surface area contributed by atoms with Gasteiger partial charge in [-0.25, -0.2) is 0 Å². The normalized spacial score (nSPS) is 19.7. The molecule has 4 rings (SSSR count). The van der Waals surface area contributed by atoms with Crippen molar-refractivity contribution in [3.05, 3.63) is 65.2 Å². The van der Waals surface area contributed by atoms with E-state index in [0.717, 1.165) is 17.5 Å². The Kier molecular flexibility index (Phi) is 5.38. The van der Waals surface area contributed by atoms with Crippen LogP contribution in [0.1, 0.15) is 29.5 Å². The summed E-state index contributed by atoms with van der Waals surface area (Å²) in [6, 6.07) is 14.2. The van der Waals surface area contributed by atoms with Crippen LogP contribution in [0.2, 0.25) is 0 Å². The molecule has 0 bridgehead atoms. The van der Waals surface area contributed by atoms with Crippen molar-refractivity contribution < 1.29 is 17.9 Å². The lowest BCUT2D eigenvalue weighted by atomic mass is 10.1. The number of nitrogens with zero attached hydrogens (tertiary/aromatic N) is 2. The van der Waals surface area contributed by atoms with E-state index in [1.807, 2.05) is 29.2 Å². The number of carbonyl (C=O) groups excluding carboxylic acids is 1. The van der Waals surface area contributed by atoms with Gasteiger partial charge in [0, 0.05) is 25.8 Å². The Morgan fingerprint density at radius 1 is 1.17 bits per heavy atom. The molecule has 1 fully saturated rings. The van der Waals surface area contributed by atoms with E-state index in [4.69, 9.17) is 4.74 Å². The average Bonchev–Trinajstić information content (AvgIpc) is 3.30. The van der Waals surface area contributed by atoms with Crippen molar-refractivity contribution >= 4 is 21.8 Å². The predicted molar refractivity (Wildman–Crippen MR) is 109 cm³/mol. The number of rotatable bonds is 5. The number of carbonyl (C=O) groups is 1. The molecule has 2 aromatic rings. The molecule has 2 heterocycles. The van der Waals surface area contributed by atoms with E-state index in [1.54, 1.807) is 31.4 Å². The first kappa shape index (κ1) is 19.6. The van der Waals surface area contributed by atoms with E-state index in [1.165, 1.54) is 0 Å². The molecule has 1 saturated heterocycles. The number of fused-ring (bicyclic) bond motifs is 1. The predicted octanol–water partition coefficient (Wildman–Crippen LogP) is 2.06. The number of benzene rings is 2. The first-order chi connectivity index (χ1) is 14.0. The topological polar surface area (TPSA) is 88.1 Å². The van der Waals surface area contributed by atoms with Gasteiger partial charge < -0.3 is 15.0 Å². The van der Waals surface area contributed by atoms with Crippen LogP contribution in [-0.2, 0) is 32.7 Å². The maximum Gasteiger partial charge on any atom is 0.285 e. The second-order valence-electron chi connectivity index (χ2n) is 7.20. The number of nitrogens with one attached hydrogen (secondary N) is 1. The van der Waals surface area contributed by atoms with Crippen molar-refractivity contribution in [2.45, 2.75) is 36.9 Å². The van der Waals surface area contributed by atoms with Gasteiger partial charge in [-0.1, -0.05) is 36.4 Å². The summed E-state index contributed by atoms with van der Waals surface area (Å²) in [7, 11) is -2.05. The number of ether oxygens (including phenoxy) is 1. The van der Waals surface area contributed by atoms with Gasteiger partial charge >= 0.3 is 0 Å². The third-order valence-corrected chi connectivity index (χ3v) is 6.57. The fraction of sp³-hybridized carbons (Fsp3) is 0.333. The second-order valence-corrected chi connectivity index (χ2v) is 8.78. The summed E-state index contributed by atoms with van der Waals surface area (Å²) in [4.78, 5) is 14.9. The van der Waals surface area contributed by atoms with Crippen molar-refractivity contribution in [1.29, 1.82) is 0 Å². The van der Waals surface area contributed by atoms with E-state index in [0.29, 0.717) is 37.5 Å². The van der Waals surface area contributed by atoms with E-state index >= 15 is 0 Å². The molecule has 2 aromatic carbocycles. The Balaban J connectivity index is 1.47. The molecular formula is C21H23N3O4S. The molecule has 1 atom stereocenters. The zero-order chi connectivity index (χ0) is 20.4. The fourth-order valence-electron chi connectivity index (χ4n) is 3.82. The Morgan fingerprint density at radius 2 is 1.90 bits per heavy atom. The molecule has 0 radical (unpaired) electrons. The van der Waals surface area contributed by atoms with Gasteiger partial charge in [0.2, 0.25) is 5.91 Å². The van der Waals surface area contributed by atoms with E-state index in [9.17, 15) is 13.2 Å². The molecule has 1 amide bonds. The smallest absolute Gasteiger partial charge is 0.285 e. The summed E-state index contributed by atoms with van der Waals surface area (Å²) in [5, 5.41) is 2.97. The Hall–Kier alpha value is -2.71. The number of hydrogen-bond donors (Lipinski definition) is 1. The standard InChI is InChI=1S/C21H23N3O4S/c1-28-14-16-10-8-15(9-11-16)13-22-21(25)18-6-4-12-24(18)20-17-5-2-3-7-19(17)29(26,27)23-20/h2-3,5,7-11,18H,4,6,12-14H2,1H3,(H,22,25)/t18-/m0/s1. The number of likely N-dealkylation sites (tertiary alicyclic amines) is 1. The van der Waals surface area contributed by atoms with Crippen LogP contribution < -0.4 is 5.32 Å². The molecule has 152 valence electrons. The minimum atomic E-state index is -3.70. The molecule has 29 heavy (non-hydrogen) atoms. The van der Waals surface area contributed by atoms with Gasteiger partial charge in [-0.15, -0.1) is 4.40 Å². The summed E-state index contributed by atoms with van der Waals surface area (Å²) >= 11 is 0. The molecule has 0 spiro atoms. The van der Waals surface area contributed by atoms with Gasteiger partial charge in [0.25, 0.3) is 10.0 Å². The molecule has 7 nitrogen and oxygen atoms in total. The monoisotopic (exact) mass is 413 g/mol. The molecule has 2 aliphatic rings. The summed E-state index contributed by atoms with van der Waals surface area (Å²) in [6.45, 7) is 1.57. The van der Waals surface area contributed by atoms with Crippen LogP contribution in [-0.4, -0.2) is 44.8 Å². The molecule has 0 aromatic heterocycles. The molecule has 0 saturated carbocycles. The summed E-state index contributed by atoms with van der Waals surface area (Å²) in [5.41, 5.74) is 2.64. The van der Waals surface area contributed by atoms with Crippen LogP contribution in [0.15, 0.2) is 57.8 Å². The lowest BCUT2D eigenvalue weighted by Crippen LogP contribution is -2.45. The Labute approximate surface area is 170 Å². The summed E-state index contributed by atoms with van der Waals surface area (Å²) in [5.74, 6) is 0.259. The van der Waals surface area contributed by atoms with Crippen molar-refractivity contribution in [2.75, 3.05) is 13.7 Å². The highest BCUT2D eigenvalue weighted by Crippen LogP contribution is 2.31. The number of amides is 1. The molecular weight excluding hydrogens is 390 g/mol. The van der Waals surface area contributed by atoms with E-state index in [-0.39, 0.29) is 10.8 Å². The maximum absolute atomic E-state index is 12.9. The Morgan fingerprint density at radius 3 is 2.66 bits per heavy atom. The second kappa shape index (κ2) is 7.96. The van der Waals surface area contributed by atoms with Crippen molar-refractivity contribution in [2.24, 2.45) is 4.40 Å². The molecule has 2 aliphatic heterocycles. The van der Waals surface area contributed by atoms with Crippen LogP contribution in [0.4, 0.5) is 0 Å². The zero-order valence-corrected chi connectivity index (χ0v) is 17.0. The largest absolute Gasteiger partial charge is 0.380 e. The lowest BCUT2D eigenvalue weighted by Gasteiger charge is -2.25. The third-order valence-electron chi connectivity index (χ3n) is 5.24. The number of sulfonamides is 1. The minimum Gasteiger partial charge on any atom is -0.380 e. The zero-order valence-electron chi connectivity index (χ0n) is 16.2. The first-order valence-electron chi connectivity index (χ1n) is 9.55. The fourth-order valence-corrected chi connectivity index (χ4v) is 5.03. The van der Waals surface area contributed by atoms with Crippen LogP contribution in [0.5, 0.6) is 0 Å². The third kappa shape index (κ3) is 3.90. The quantitative estimate of drug-likeness (QED) is 0.811. The highest BCUT2D eigenvalue weighted by atomic mass is 32.2. The summed E-state index contributed by atoms with van der Waals surface area (Å²) < 4.78 is 33.8. The number of amidine groups is 1. The highest BCUT2D eigenvalue weighted by Gasteiger charge is 2.39. The van der Waals surface area contributed by atoms with Gasteiger partial charge in [0.1, 0.15) is 10.9 Å². The number of hydrogen-bond acceptors (Lipinski definition) is 5. The van der Waals surface area contributed by atoms with Crippen molar-refractivity contribution in [3.63, 3.8) is 0 Å². The minimum absolute atomic E-state index is 0.118. The van der Waals surface area contributed by atoms with Gasteiger partial charge in [0.05, 0.1) is 6.61 Å². The van der Waals surface area contributed by atoms with Gasteiger partial charge in [-0.3, -0.25) is 4.79 Å². The van der Waals surface area contributed by atoms with Gasteiger partial charge in [-0.2, -0.15) is 8.42 Å². The lowest BCUT2D eigenvalue weighted by molar-refractivity contribution is -0.124. The van der Waals surface area contributed by atoms with Gasteiger partial charge in [0.15, 0.2) is 5.84 Å². The molecule has 0 unspecified atom stereocenters. The average molecular weight is 413 g/mol. The maximum atomic E-state index is 12.9. The molecule has 1 N–H and O–H groups in total. The van der Waals surface area contributed by atoms with Crippen molar-refractivity contribution in [3.8, 4) is 0 Å². The molecule has 8 heteroatoms. The van der Waals surface area contributed by atoms with Gasteiger partial charge in [-0.05, 0) is 36.1 Å². The summed E-state index contributed by atoms with van der Waals surface area (Å²) in [6.07, 6.45) is 1.48. The first-order valence-corrected chi connectivity index (χ1v) is 11.0. The van der Waals surface area contributed by atoms with Crippen LogP contribution >= 0.6 is 0 Å². The van der Waals surface area contributed by atoms with Crippen molar-refractivity contribution in [1.82, 2.24) is 10.2 Å². The van der Waals surface area contributed by atoms with Crippen LogP contribution in [0, 0.1) is 0 Å². The van der Waals surface area contributed by atoms with E-state index in [2.05, 4.69) is 9.71 Å². The highest BCUT2D eigenvalue weighted by molar-refractivity contribution is 7.90. The van der Waals surface area contributed by atoms with Crippen LogP contribution in [0.25, 0.3) is 0 Å².